The molecule has 1 N–H and O–H groups in total. The van der Waals surface area contributed by atoms with Crippen molar-refractivity contribution < 1.29 is 4.79 Å². The first kappa shape index (κ1) is 14.3. The van der Waals surface area contributed by atoms with Crippen molar-refractivity contribution in [3.8, 4) is 0 Å². The van der Waals surface area contributed by atoms with Crippen LogP contribution in [-0.4, -0.2) is 27.8 Å². The molecule has 1 aliphatic carbocycles. The largest absolute Gasteiger partial charge is 0.352 e. The molecule has 3 rings (SSSR count). The van der Waals surface area contributed by atoms with Gasteiger partial charge in [-0.1, -0.05) is 0 Å². The Morgan fingerprint density at radius 1 is 1.14 bits per heavy atom. The highest BCUT2D eigenvalue weighted by molar-refractivity contribution is 6.20. The molecule has 0 saturated heterocycles. The van der Waals surface area contributed by atoms with Crippen LogP contribution in [0, 0.1) is 5.92 Å². The van der Waals surface area contributed by atoms with Gasteiger partial charge in [0, 0.05) is 29.9 Å². The minimum absolute atomic E-state index is 0.0458. The molecule has 1 amide bonds. The van der Waals surface area contributed by atoms with Crippen LogP contribution in [0.3, 0.4) is 0 Å². The Morgan fingerprint density at radius 3 is 2.62 bits per heavy atom. The number of nitrogens with zero attached hydrogens (tertiary/aromatic N) is 2. The normalized spacial score (nSPS) is 22.1. The lowest BCUT2D eigenvalue weighted by atomic mass is 9.89. The smallest absolute Gasteiger partial charge is 0.251 e. The number of hydrogen-bond donors (Lipinski definition) is 1. The molecule has 1 saturated carbocycles. The van der Waals surface area contributed by atoms with Crippen molar-refractivity contribution in [1.29, 1.82) is 0 Å². The number of benzene rings is 1. The van der Waals surface area contributed by atoms with Gasteiger partial charge in [-0.15, -0.1) is 11.6 Å². The Labute approximate surface area is 128 Å². The molecular formula is C16H18ClN3O. The van der Waals surface area contributed by atoms with Crippen LogP contribution in [-0.2, 0) is 0 Å². The summed E-state index contributed by atoms with van der Waals surface area (Å²) >= 11 is 6.10. The zero-order chi connectivity index (χ0) is 14.7. The molecule has 1 aromatic carbocycles. The maximum absolute atomic E-state index is 12.2. The van der Waals surface area contributed by atoms with Crippen molar-refractivity contribution in [2.45, 2.75) is 31.1 Å². The molecule has 21 heavy (non-hydrogen) atoms. The van der Waals surface area contributed by atoms with Gasteiger partial charge in [-0.3, -0.25) is 14.8 Å². The molecular weight excluding hydrogens is 286 g/mol. The summed E-state index contributed by atoms with van der Waals surface area (Å²) in [6.45, 7) is 0.723. The first-order valence-corrected chi connectivity index (χ1v) is 7.79. The van der Waals surface area contributed by atoms with E-state index in [1.807, 2.05) is 6.07 Å². The second kappa shape index (κ2) is 6.39. The van der Waals surface area contributed by atoms with Crippen molar-refractivity contribution in [1.82, 2.24) is 15.3 Å². The van der Waals surface area contributed by atoms with Gasteiger partial charge in [0.2, 0.25) is 0 Å². The van der Waals surface area contributed by atoms with Crippen LogP contribution in [0.5, 0.6) is 0 Å². The summed E-state index contributed by atoms with van der Waals surface area (Å²) in [5.41, 5.74) is 2.18. The van der Waals surface area contributed by atoms with Gasteiger partial charge >= 0.3 is 0 Å². The van der Waals surface area contributed by atoms with E-state index in [1.54, 1.807) is 24.5 Å². The van der Waals surface area contributed by atoms with Gasteiger partial charge in [0.15, 0.2) is 0 Å². The molecule has 0 radical (unpaired) electrons. The number of fused-ring (bicyclic) bond motifs is 1. The summed E-state index contributed by atoms with van der Waals surface area (Å²) in [6, 6.07) is 5.41. The SMILES string of the molecule is O=C(NCC1CCC(Cl)CC1)c1ccc2nccnc2c1. The molecule has 4 nitrogen and oxygen atoms in total. The van der Waals surface area contributed by atoms with Crippen molar-refractivity contribution >= 4 is 28.5 Å². The van der Waals surface area contributed by atoms with Gasteiger partial charge in [0.1, 0.15) is 0 Å². The van der Waals surface area contributed by atoms with Crippen LogP contribution in [0.15, 0.2) is 30.6 Å². The summed E-state index contributed by atoms with van der Waals surface area (Å²) in [4.78, 5) is 20.6. The summed E-state index contributed by atoms with van der Waals surface area (Å²) < 4.78 is 0. The zero-order valence-electron chi connectivity index (χ0n) is 11.8. The number of aromatic nitrogens is 2. The molecule has 0 aliphatic heterocycles. The van der Waals surface area contributed by atoms with Crippen LogP contribution >= 0.6 is 11.6 Å². The molecule has 1 heterocycles. The summed E-state index contributed by atoms with van der Waals surface area (Å²) in [6.07, 6.45) is 7.57. The quantitative estimate of drug-likeness (QED) is 0.886. The first-order chi connectivity index (χ1) is 10.2. The van der Waals surface area contributed by atoms with Gasteiger partial charge in [-0.25, -0.2) is 0 Å². The molecule has 0 bridgehead atoms. The molecule has 0 spiro atoms. The third-order valence-electron chi connectivity index (χ3n) is 4.06. The van der Waals surface area contributed by atoms with Crippen molar-refractivity contribution in [3.05, 3.63) is 36.2 Å². The van der Waals surface area contributed by atoms with Crippen LogP contribution in [0.4, 0.5) is 0 Å². The van der Waals surface area contributed by atoms with E-state index in [0.717, 1.165) is 43.3 Å². The molecule has 0 unspecified atom stereocenters. The van der Waals surface area contributed by atoms with Gasteiger partial charge < -0.3 is 5.32 Å². The van der Waals surface area contributed by atoms with Crippen LogP contribution in [0.2, 0.25) is 0 Å². The second-order valence-electron chi connectivity index (χ2n) is 5.59. The number of carbonyl (C=O) groups excluding carboxylic acids is 1. The minimum Gasteiger partial charge on any atom is -0.352 e. The fraction of sp³-hybridized carbons (Fsp3) is 0.438. The van der Waals surface area contributed by atoms with E-state index in [-0.39, 0.29) is 5.91 Å². The Morgan fingerprint density at radius 2 is 1.86 bits per heavy atom. The van der Waals surface area contributed by atoms with Crippen LogP contribution in [0.1, 0.15) is 36.0 Å². The summed E-state index contributed by atoms with van der Waals surface area (Å²) in [5.74, 6) is 0.500. The van der Waals surface area contributed by atoms with Gasteiger partial charge in [-0.05, 0) is 49.8 Å². The predicted octanol–water partition coefficient (Wildman–Crippen LogP) is 3.16. The molecule has 1 aromatic heterocycles. The Balaban J connectivity index is 1.61. The topological polar surface area (TPSA) is 54.9 Å². The Bertz CT molecular complexity index is 638. The standard InChI is InChI=1S/C16H18ClN3O/c17-13-4-1-11(2-5-13)10-20-16(21)12-3-6-14-15(9-12)19-8-7-18-14/h3,6-9,11,13H,1-2,4-5,10H2,(H,20,21). The maximum Gasteiger partial charge on any atom is 0.251 e. The average molecular weight is 304 g/mol. The lowest BCUT2D eigenvalue weighted by molar-refractivity contribution is 0.0944. The number of rotatable bonds is 3. The van der Waals surface area contributed by atoms with Crippen LogP contribution < -0.4 is 5.32 Å². The number of hydrogen-bond acceptors (Lipinski definition) is 3. The lowest BCUT2D eigenvalue weighted by Crippen LogP contribution is -2.31. The Hall–Kier alpha value is -1.68. The summed E-state index contributed by atoms with van der Waals surface area (Å²) in [5, 5.41) is 3.33. The molecule has 0 atom stereocenters. The highest BCUT2D eigenvalue weighted by Crippen LogP contribution is 2.27. The molecule has 2 aromatic rings. The van der Waals surface area contributed by atoms with E-state index in [9.17, 15) is 4.79 Å². The lowest BCUT2D eigenvalue weighted by Gasteiger charge is -2.25. The summed E-state index contributed by atoms with van der Waals surface area (Å²) in [7, 11) is 0. The van der Waals surface area contributed by atoms with E-state index in [1.165, 1.54) is 0 Å². The average Bonchev–Trinajstić information content (AvgIpc) is 2.53. The minimum atomic E-state index is -0.0458. The maximum atomic E-state index is 12.2. The monoisotopic (exact) mass is 303 g/mol. The number of nitrogens with one attached hydrogen (secondary N) is 1. The number of carbonyl (C=O) groups is 1. The van der Waals surface area contributed by atoms with E-state index in [4.69, 9.17) is 11.6 Å². The highest BCUT2D eigenvalue weighted by atomic mass is 35.5. The fourth-order valence-electron chi connectivity index (χ4n) is 2.77. The fourth-order valence-corrected chi connectivity index (χ4v) is 3.02. The second-order valence-corrected chi connectivity index (χ2v) is 6.21. The van der Waals surface area contributed by atoms with Gasteiger partial charge in [-0.2, -0.15) is 0 Å². The van der Waals surface area contributed by atoms with E-state index in [2.05, 4.69) is 15.3 Å². The third kappa shape index (κ3) is 3.50. The molecule has 1 aliphatic rings. The highest BCUT2D eigenvalue weighted by Gasteiger charge is 2.20. The van der Waals surface area contributed by atoms with Gasteiger partial charge in [0.25, 0.3) is 5.91 Å². The third-order valence-corrected chi connectivity index (χ3v) is 4.50. The first-order valence-electron chi connectivity index (χ1n) is 7.35. The molecule has 110 valence electrons. The number of alkyl halides is 1. The van der Waals surface area contributed by atoms with Crippen LogP contribution in [0.25, 0.3) is 11.0 Å². The van der Waals surface area contributed by atoms with Crippen molar-refractivity contribution in [2.24, 2.45) is 5.92 Å². The van der Waals surface area contributed by atoms with E-state index in [0.29, 0.717) is 16.9 Å². The molecule has 5 heteroatoms. The zero-order valence-corrected chi connectivity index (χ0v) is 12.5. The van der Waals surface area contributed by atoms with E-state index >= 15 is 0 Å². The van der Waals surface area contributed by atoms with Crippen molar-refractivity contribution in [2.75, 3.05) is 6.54 Å². The number of amides is 1. The molecule has 1 fully saturated rings. The van der Waals surface area contributed by atoms with Crippen molar-refractivity contribution in [3.63, 3.8) is 0 Å². The van der Waals surface area contributed by atoms with E-state index < -0.39 is 0 Å². The Kier molecular flexibility index (Phi) is 4.34. The number of halogens is 1. The van der Waals surface area contributed by atoms with Gasteiger partial charge in [0.05, 0.1) is 11.0 Å². The predicted molar refractivity (Wildman–Crippen MR) is 83.5 cm³/mol.